The molecular weight excluding hydrogens is 192 g/mol. The maximum absolute atomic E-state index is 11.1. The number of carbonyl (C=O) groups is 1. The van der Waals surface area contributed by atoms with Gasteiger partial charge >= 0.3 is 5.97 Å². The standard InChI is InChI=1S/C12H14O3/c1-3-11(12(13)14-2)15-9-10-7-5-4-6-8-10/h3-8H,9H2,1-2H3. The Morgan fingerprint density at radius 1 is 1.33 bits per heavy atom. The third kappa shape index (κ3) is 3.46. The molecule has 80 valence electrons. The van der Waals surface area contributed by atoms with Crippen LogP contribution in [0.5, 0.6) is 0 Å². The Morgan fingerprint density at radius 3 is 2.53 bits per heavy atom. The van der Waals surface area contributed by atoms with Gasteiger partial charge in [0.25, 0.3) is 0 Å². The topological polar surface area (TPSA) is 35.5 Å². The quantitative estimate of drug-likeness (QED) is 0.430. The maximum Gasteiger partial charge on any atom is 0.372 e. The number of rotatable bonds is 4. The molecule has 0 unspecified atom stereocenters. The van der Waals surface area contributed by atoms with Crippen molar-refractivity contribution in [2.75, 3.05) is 7.11 Å². The summed E-state index contributed by atoms with van der Waals surface area (Å²) in [5.74, 6) is -0.213. The van der Waals surface area contributed by atoms with Crippen LogP contribution < -0.4 is 0 Å². The summed E-state index contributed by atoms with van der Waals surface area (Å²) < 4.78 is 9.88. The molecule has 0 aliphatic rings. The van der Waals surface area contributed by atoms with Gasteiger partial charge in [0.2, 0.25) is 5.76 Å². The molecule has 1 rings (SSSR count). The zero-order chi connectivity index (χ0) is 11.1. The van der Waals surface area contributed by atoms with Gasteiger partial charge in [-0.2, -0.15) is 0 Å². The van der Waals surface area contributed by atoms with Crippen LogP contribution in [0.2, 0.25) is 0 Å². The largest absolute Gasteiger partial charge is 0.482 e. The summed E-state index contributed by atoms with van der Waals surface area (Å²) in [6.45, 7) is 2.10. The smallest absolute Gasteiger partial charge is 0.372 e. The number of ether oxygens (including phenoxy) is 2. The molecule has 0 atom stereocenters. The van der Waals surface area contributed by atoms with Crippen molar-refractivity contribution in [3.8, 4) is 0 Å². The van der Waals surface area contributed by atoms with E-state index in [9.17, 15) is 4.79 Å². The van der Waals surface area contributed by atoms with Gasteiger partial charge in [-0.3, -0.25) is 0 Å². The zero-order valence-electron chi connectivity index (χ0n) is 8.90. The van der Waals surface area contributed by atoms with Crippen molar-refractivity contribution in [2.45, 2.75) is 13.5 Å². The van der Waals surface area contributed by atoms with Crippen molar-refractivity contribution in [2.24, 2.45) is 0 Å². The Kier molecular flexibility index (Phi) is 4.41. The average Bonchev–Trinajstić information content (AvgIpc) is 2.31. The fourth-order valence-electron chi connectivity index (χ4n) is 1.10. The Balaban J connectivity index is 2.53. The van der Waals surface area contributed by atoms with Gasteiger partial charge in [0.05, 0.1) is 7.11 Å². The van der Waals surface area contributed by atoms with E-state index in [1.165, 1.54) is 7.11 Å². The number of allylic oxidation sites excluding steroid dienone is 1. The van der Waals surface area contributed by atoms with E-state index in [1.807, 2.05) is 30.3 Å². The highest BCUT2D eigenvalue weighted by molar-refractivity contribution is 5.85. The molecule has 0 bridgehead atoms. The van der Waals surface area contributed by atoms with Crippen molar-refractivity contribution >= 4 is 5.97 Å². The van der Waals surface area contributed by atoms with Crippen LogP contribution in [0.25, 0.3) is 0 Å². The van der Waals surface area contributed by atoms with Gasteiger partial charge in [-0.1, -0.05) is 30.3 Å². The highest BCUT2D eigenvalue weighted by atomic mass is 16.6. The van der Waals surface area contributed by atoms with Crippen LogP contribution in [0, 0.1) is 0 Å². The molecule has 0 aliphatic carbocycles. The number of benzene rings is 1. The average molecular weight is 206 g/mol. The first-order valence-electron chi connectivity index (χ1n) is 4.69. The summed E-state index contributed by atoms with van der Waals surface area (Å²) in [4.78, 5) is 11.1. The van der Waals surface area contributed by atoms with Gasteiger partial charge in [-0.05, 0) is 18.6 Å². The molecule has 0 heterocycles. The van der Waals surface area contributed by atoms with Crippen LogP contribution in [0.15, 0.2) is 42.2 Å². The summed E-state index contributed by atoms with van der Waals surface area (Å²) in [5, 5.41) is 0. The highest BCUT2D eigenvalue weighted by Crippen LogP contribution is 2.06. The molecule has 0 saturated carbocycles. The van der Waals surface area contributed by atoms with Crippen LogP contribution in [0.3, 0.4) is 0 Å². The summed E-state index contributed by atoms with van der Waals surface area (Å²) in [7, 11) is 1.33. The summed E-state index contributed by atoms with van der Waals surface area (Å²) in [6, 6.07) is 9.65. The fraction of sp³-hybridized carbons (Fsp3) is 0.250. The van der Waals surface area contributed by atoms with Crippen LogP contribution in [0.4, 0.5) is 0 Å². The van der Waals surface area contributed by atoms with Crippen LogP contribution in [-0.2, 0) is 20.9 Å². The van der Waals surface area contributed by atoms with E-state index >= 15 is 0 Å². The van der Waals surface area contributed by atoms with E-state index in [-0.39, 0.29) is 5.76 Å². The van der Waals surface area contributed by atoms with Gasteiger partial charge in [0, 0.05) is 0 Å². The van der Waals surface area contributed by atoms with Crippen molar-refractivity contribution in [3.05, 3.63) is 47.7 Å². The number of hydrogen-bond donors (Lipinski definition) is 0. The second kappa shape index (κ2) is 5.86. The normalized spacial score (nSPS) is 10.9. The Morgan fingerprint density at radius 2 is 2.00 bits per heavy atom. The first-order chi connectivity index (χ1) is 7.27. The van der Waals surface area contributed by atoms with Crippen molar-refractivity contribution in [3.63, 3.8) is 0 Å². The molecule has 0 fully saturated rings. The van der Waals surface area contributed by atoms with Gasteiger partial charge in [0.15, 0.2) is 0 Å². The minimum atomic E-state index is -0.451. The monoisotopic (exact) mass is 206 g/mol. The van der Waals surface area contributed by atoms with E-state index in [0.717, 1.165) is 5.56 Å². The molecule has 0 aromatic heterocycles. The lowest BCUT2D eigenvalue weighted by Crippen LogP contribution is -2.08. The van der Waals surface area contributed by atoms with Gasteiger partial charge in [-0.25, -0.2) is 4.79 Å². The molecule has 1 aromatic rings. The lowest BCUT2D eigenvalue weighted by atomic mass is 10.2. The zero-order valence-corrected chi connectivity index (χ0v) is 8.90. The minimum Gasteiger partial charge on any atom is -0.482 e. The molecule has 3 nitrogen and oxygen atoms in total. The predicted octanol–water partition coefficient (Wildman–Crippen LogP) is 2.28. The summed E-state index contributed by atoms with van der Waals surface area (Å²) in [6.07, 6.45) is 1.59. The molecule has 15 heavy (non-hydrogen) atoms. The summed E-state index contributed by atoms with van der Waals surface area (Å²) >= 11 is 0. The lowest BCUT2D eigenvalue weighted by Gasteiger charge is -2.07. The maximum atomic E-state index is 11.1. The SMILES string of the molecule is CC=C(OCc1ccccc1)C(=O)OC. The van der Waals surface area contributed by atoms with Crippen molar-refractivity contribution in [1.29, 1.82) is 0 Å². The Bertz CT molecular complexity index is 341. The molecule has 0 spiro atoms. The van der Waals surface area contributed by atoms with E-state index in [1.54, 1.807) is 13.0 Å². The van der Waals surface area contributed by atoms with Gasteiger partial charge in [0.1, 0.15) is 6.61 Å². The van der Waals surface area contributed by atoms with Crippen LogP contribution >= 0.6 is 0 Å². The van der Waals surface area contributed by atoms with Crippen LogP contribution in [-0.4, -0.2) is 13.1 Å². The molecule has 0 amide bonds. The molecule has 0 saturated heterocycles. The van der Waals surface area contributed by atoms with Crippen LogP contribution in [0.1, 0.15) is 12.5 Å². The first kappa shape index (κ1) is 11.3. The van der Waals surface area contributed by atoms with Gasteiger partial charge < -0.3 is 9.47 Å². The second-order valence-electron chi connectivity index (χ2n) is 2.92. The third-order valence-corrected chi connectivity index (χ3v) is 1.89. The molecule has 1 aromatic carbocycles. The lowest BCUT2D eigenvalue weighted by molar-refractivity contribution is -0.140. The summed E-state index contributed by atoms with van der Waals surface area (Å²) in [5.41, 5.74) is 1.01. The van der Waals surface area contributed by atoms with E-state index < -0.39 is 5.97 Å². The van der Waals surface area contributed by atoms with Crippen molar-refractivity contribution in [1.82, 2.24) is 0 Å². The number of carbonyl (C=O) groups excluding carboxylic acids is 1. The molecule has 0 radical (unpaired) electrons. The second-order valence-corrected chi connectivity index (χ2v) is 2.92. The third-order valence-electron chi connectivity index (χ3n) is 1.89. The number of hydrogen-bond acceptors (Lipinski definition) is 3. The molecule has 0 N–H and O–H groups in total. The van der Waals surface area contributed by atoms with E-state index in [0.29, 0.717) is 6.61 Å². The predicted molar refractivity (Wildman–Crippen MR) is 57.0 cm³/mol. The molecule has 3 heteroatoms. The fourth-order valence-corrected chi connectivity index (χ4v) is 1.10. The number of methoxy groups -OCH3 is 1. The molecule has 0 aliphatic heterocycles. The van der Waals surface area contributed by atoms with E-state index in [2.05, 4.69) is 4.74 Å². The Hall–Kier alpha value is -1.77. The minimum absolute atomic E-state index is 0.237. The van der Waals surface area contributed by atoms with E-state index in [4.69, 9.17) is 4.74 Å². The molecular formula is C12H14O3. The van der Waals surface area contributed by atoms with Gasteiger partial charge in [-0.15, -0.1) is 0 Å². The highest BCUT2D eigenvalue weighted by Gasteiger charge is 2.09. The van der Waals surface area contributed by atoms with Crippen molar-refractivity contribution < 1.29 is 14.3 Å². The number of esters is 1. The Labute approximate surface area is 89.3 Å². The first-order valence-corrected chi connectivity index (χ1v) is 4.69.